The Balaban J connectivity index is 3.07. The van der Waals surface area contributed by atoms with Crippen molar-refractivity contribution >= 4 is 11.5 Å². The molecule has 0 saturated carbocycles. The molecule has 1 heterocycles. The number of aryl methyl sites for hydroxylation is 1. The molecule has 98 valence electrons. The maximum absolute atomic E-state index is 6.18. The van der Waals surface area contributed by atoms with E-state index in [1.54, 1.807) is 0 Å². The molecule has 0 unspecified atom stereocenters. The zero-order valence-corrected chi connectivity index (χ0v) is 12.0. The second-order valence-corrected chi connectivity index (χ2v) is 5.32. The van der Waals surface area contributed by atoms with Crippen molar-refractivity contribution in [3.63, 3.8) is 0 Å². The van der Waals surface area contributed by atoms with Crippen molar-refractivity contribution in [3.05, 3.63) is 5.69 Å². The number of hydrogen-bond donors (Lipinski definition) is 2. The zero-order chi connectivity index (χ0) is 13.2. The molecule has 0 radical (unpaired) electrons. The molecule has 0 saturated heterocycles. The number of nitrogens with zero attached hydrogens (tertiary/aromatic N) is 2. The summed E-state index contributed by atoms with van der Waals surface area (Å²) >= 11 is 0. The van der Waals surface area contributed by atoms with E-state index in [0.717, 1.165) is 30.0 Å². The molecule has 0 amide bonds. The Labute approximate surface area is 105 Å². The highest BCUT2D eigenvalue weighted by Gasteiger charge is 2.24. The smallest absolute Gasteiger partial charge is 0.148 e. The summed E-state index contributed by atoms with van der Waals surface area (Å²) in [6.45, 7) is 10.8. The van der Waals surface area contributed by atoms with Gasteiger partial charge in [0.05, 0.1) is 11.4 Å². The van der Waals surface area contributed by atoms with Crippen molar-refractivity contribution in [2.24, 2.45) is 7.05 Å². The first-order valence-corrected chi connectivity index (χ1v) is 6.45. The predicted molar refractivity (Wildman–Crippen MR) is 74.3 cm³/mol. The Morgan fingerprint density at radius 3 is 2.24 bits per heavy atom. The first-order chi connectivity index (χ1) is 7.84. The van der Waals surface area contributed by atoms with Gasteiger partial charge in [0.15, 0.2) is 0 Å². The van der Waals surface area contributed by atoms with Gasteiger partial charge < -0.3 is 11.1 Å². The van der Waals surface area contributed by atoms with Gasteiger partial charge in [-0.1, -0.05) is 27.7 Å². The van der Waals surface area contributed by atoms with Crippen molar-refractivity contribution in [1.82, 2.24) is 9.78 Å². The van der Waals surface area contributed by atoms with Crippen LogP contribution in [0.1, 0.15) is 59.1 Å². The molecular formula is C13H26N4. The number of rotatable bonds is 5. The summed E-state index contributed by atoms with van der Waals surface area (Å²) in [6, 6.07) is 0. The molecule has 0 fully saturated rings. The van der Waals surface area contributed by atoms with Gasteiger partial charge in [0.1, 0.15) is 5.82 Å². The summed E-state index contributed by atoms with van der Waals surface area (Å²) in [5, 5.41) is 8.03. The molecule has 1 rings (SSSR count). The summed E-state index contributed by atoms with van der Waals surface area (Å²) in [4.78, 5) is 0. The molecule has 4 heteroatoms. The van der Waals surface area contributed by atoms with E-state index in [9.17, 15) is 0 Å². The van der Waals surface area contributed by atoms with E-state index in [1.807, 2.05) is 11.7 Å². The zero-order valence-electron chi connectivity index (χ0n) is 12.0. The molecule has 0 aliphatic carbocycles. The van der Waals surface area contributed by atoms with Crippen molar-refractivity contribution in [1.29, 1.82) is 0 Å². The molecule has 3 N–H and O–H groups in total. The van der Waals surface area contributed by atoms with Crippen LogP contribution in [-0.4, -0.2) is 15.3 Å². The van der Waals surface area contributed by atoms with Crippen LogP contribution in [-0.2, 0) is 7.05 Å². The Morgan fingerprint density at radius 2 is 1.88 bits per heavy atom. The highest BCUT2D eigenvalue weighted by molar-refractivity contribution is 5.66. The lowest BCUT2D eigenvalue weighted by atomic mass is 9.95. The maximum atomic E-state index is 6.18. The molecule has 0 spiro atoms. The standard InChI is InChI=1S/C13H26N4/c1-7-13(5,8-2)15-12-10(14)11(9(3)4)16-17(12)6/h9,15H,7-8,14H2,1-6H3. The minimum Gasteiger partial charge on any atom is -0.394 e. The monoisotopic (exact) mass is 238 g/mol. The average Bonchev–Trinajstić information content (AvgIpc) is 2.57. The van der Waals surface area contributed by atoms with Crippen LogP contribution in [0.15, 0.2) is 0 Å². The fraction of sp³-hybridized carbons (Fsp3) is 0.769. The van der Waals surface area contributed by atoms with E-state index in [0.29, 0.717) is 5.92 Å². The average molecular weight is 238 g/mol. The third-order valence-electron chi connectivity index (χ3n) is 3.64. The van der Waals surface area contributed by atoms with Gasteiger partial charge in [-0.15, -0.1) is 0 Å². The van der Waals surface area contributed by atoms with Crippen LogP contribution in [0, 0.1) is 0 Å². The van der Waals surface area contributed by atoms with Crippen LogP contribution < -0.4 is 11.1 Å². The van der Waals surface area contributed by atoms with E-state index in [-0.39, 0.29) is 5.54 Å². The van der Waals surface area contributed by atoms with Gasteiger partial charge in [-0.05, 0) is 25.7 Å². The molecule has 0 atom stereocenters. The first-order valence-electron chi connectivity index (χ1n) is 6.45. The lowest BCUT2D eigenvalue weighted by molar-refractivity contribution is 0.473. The Morgan fingerprint density at radius 1 is 1.35 bits per heavy atom. The minimum absolute atomic E-state index is 0.0795. The summed E-state index contributed by atoms with van der Waals surface area (Å²) in [5.74, 6) is 1.30. The second kappa shape index (κ2) is 4.98. The molecule has 4 nitrogen and oxygen atoms in total. The quantitative estimate of drug-likeness (QED) is 0.828. The molecule has 1 aromatic heterocycles. The van der Waals surface area contributed by atoms with E-state index >= 15 is 0 Å². The minimum atomic E-state index is 0.0795. The second-order valence-electron chi connectivity index (χ2n) is 5.32. The van der Waals surface area contributed by atoms with E-state index < -0.39 is 0 Å². The van der Waals surface area contributed by atoms with Gasteiger partial charge in [-0.25, -0.2) is 0 Å². The van der Waals surface area contributed by atoms with Crippen LogP contribution in [0.4, 0.5) is 11.5 Å². The number of nitrogen functional groups attached to an aromatic ring is 1. The number of nitrogens with one attached hydrogen (secondary N) is 1. The number of anilines is 2. The normalized spacial score (nSPS) is 12.2. The van der Waals surface area contributed by atoms with Crippen LogP contribution in [0.5, 0.6) is 0 Å². The van der Waals surface area contributed by atoms with Gasteiger partial charge in [0, 0.05) is 12.6 Å². The number of aromatic nitrogens is 2. The fourth-order valence-electron chi connectivity index (χ4n) is 1.85. The maximum Gasteiger partial charge on any atom is 0.148 e. The Kier molecular flexibility index (Phi) is 4.07. The lowest BCUT2D eigenvalue weighted by Gasteiger charge is -2.29. The van der Waals surface area contributed by atoms with Crippen molar-refractivity contribution < 1.29 is 0 Å². The number of hydrogen-bond acceptors (Lipinski definition) is 3. The highest BCUT2D eigenvalue weighted by Crippen LogP contribution is 2.31. The van der Waals surface area contributed by atoms with E-state index in [1.165, 1.54) is 0 Å². The molecule has 0 aromatic carbocycles. The Hall–Kier alpha value is -1.19. The van der Waals surface area contributed by atoms with Crippen molar-refractivity contribution in [3.8, 4) is 0 Å². The molecule has 0 bridgehead atoms. The first kappa shape index (κ1) is 13.9. The van der Waals surface area contributed by atoms with E-state index in [2.05, 4.69) is 45.0 Å². The molecule has 1 aromatic rings. The van der Waals surface area contributed by atoms with Crippen LogP contribution >= 0.6 is 0 Å². The summed E-state index contributed by atoms with van der Waals surface area (Å²) in [6.07, 6.45) is 2.12. The molecule has 0 aliphatic rings. The Bertz CT molecular complexity index is 375. The third-order valence-corrected chi connectivity index (χ3v) is 3.64. The molecule has 0 aliphatic heterocycles. The van der Waals surface area contributed by atoms with Crippen molar-refractivity contribution in [2.75, 3.05) is 11.1 Å². The fourth-order valence-corrected chi connectivity index (χ4v) is 1.85. The SMILES string of the molecule is CCC(C)(CC)Nc1c(N)c(C(C)C)nn1C. The van der Waals surface area contributed by atoms with Gasteiger partial charge in [0.2, 0.25) is 0 Å². The highest BCUT2D eigenvalue weighted by atomic mass is 15.3. The van der Waals surface area contributed by atoms with Crippen LogP contribution in [0.2, 0.25) is 0 Å². The third kappa shape index (κ3) is 2.73. The summed E-state index contributed by atoms with van der Waals surface area (Å²) < 4.78 is 1.86. The van der Waals surface area contributed by atoms with Crippen LogP contribution in [0.25, 0.3) is 0 Å². The van der Waals surface area contributed by atoms with Crippen molar-refractivity contribution in [2.45, 2.75) is 58.9 Å². The topological polar surface area (TPSA) is 55.9 Å². The summed E-state index contributed by atoms with van der Waals surface area (Å²) in [7, 11) is 1.94. The van der Waals surface area contributed by atoms with Gasteiger partial charge in [-0.2, -0.15) is 5.10 Å². The van der Waals surface area contributed by atoms with Gasteiger partial charge >= 0.3 is 0 Å². The van der Waals surface area contributed by atoms with Crippen LogP contribution in [0.3, 0.4) is 0 Å². The predicted octanol–water partition coefficient (Wildman–Crippen LogP) is 3.12. The molecular weight excluding hydrogens is 212 g/mol. The molecule has 17 heavy (non-hydrogen) atoms. The lowest BCUT2D eigenvalue weighted by Crippen LogP contribution is -2.34. The number of nitrogens with two attached hydrogens (primary N) is 1. The van der Waals surface area contributed by atoms with Gasteiger partial charge in [0.25, 0.3) is 0 Å². The van der Waals surface area contributed by atoms with Gasteiger partial charge in [-0.3, -0.25) is 4.68 Å². The summed E-state index contributed by atoms with van der Waals surface area (Å²) in [5.41, 5.74) is 8.02. The van der Waals surface area contributed by atoms with E-state index in [4.69, 9.17) is 5.73 Å². The largest absolute Gasteiger partial charge is 0.394 e.